The summed E-state index contributed by atoms with van der Waals surface area (Å²) < 4.78 is 0. The molecule has 2 aliphatic heterocycles. The number of rotatable bonds is 2. The second-order valence-corrected chi connectivity index (χ2v) is 10.2. The van der Waals surface area contributed by atoms with Gasteiger partial charge in [0.05, 0.1) is 6.04 Å². The molecule has 0 bridgehead atoms. The maximum Gasteiger partial charge on any atom is 0.100 e. The second kappa shape index (κ2) is 6.87. The van der Waals surface area contributed by atoms with E-state index in [4.69, 9.17) is 4.99 Å². The van der Waals surface area contributed by atoms with Gasteiger partial charge in [-0.25, -0.2) is 0 Å². The average molecular weight is 356 g/mol. The third kappa shape index (κ3) is 3.20. The van der Waals surface area contributed by atoms with Gasteiger partial charge in [-0.1, -0.05) is 25.8 Å². The Balaban J connectivity index is 1.18. The summed E-state index contributed by atoms with van der Waals surface area (Å²) in [5, 5.41) is 7.68. The number of nitrogens with one attached hydrogen (secondary N) is 2. The third-order valence-corrected chi connectivity index (χ3v) is 8.30. The first-order valence-electron chi connectivity index (χ1n) is 11.4. The Morgan fingerprint density at radius 1 is 0.885 bits per heavy atom. The van der Waals surface area contributed by atoms with Gasteiger partial charge in [-0.3, -0.25) is 4.99 Å². The van der Waals surface area contributed by atoms with Crippen LogP contribution in [-0.2, 0) is 0 Å². The van der Waals surface area contributed by atoms with Crippen molar-refractivity contribution in [3.05, 3.63) is 11.8 Å². The molecular formula is C23H37N3. The van der Waals surface area contributed by atoms with E-state index in [2.05, 4.69) is 30.6 Å². The molecule has 0 amide bonds. The minimum Gasteiger partial charge on any atom is -0.385 e. The number of allylic oxidation sites excluding steroid dienone is 1. The van der Waals surface area contributed by atoms with E-state index in [0.717, 1.165) is 35.6 Å². The molecule has 3 saturated carbocycles. The van der Waals surface area contributed by atoms with Gasteiger partial charge in [-0.2, -0.15) is 0 Å². The van der Waals surface area contributed by atoms with E-state index in [1.54, 1.807) is 0 Å². The molecule has 3 nitrogen and oxygen atoms in total. The number of amidine groups is 1. The molecule has 0 aromatic heterocycles. The summed E-state index contributed by atoms with van der Waals surface area (Å²) in [7, 11) is 0. The van der Waals surface area contributed by atoms with Gasteiger partial charge in [-0.05, 0) is 82.0 Å². The molecule has 0 aromatic carbocycles. The molecule has 144 valence electrons. The zero-order chi connectivity index (χ0) is 17.7. The average Bonchev–Trinajstić information content (AvgIpc) is 3.22. The molecule has 0 saturated heterocycles. The van der Waals surface area contributed by atoms with Crippen LogP contribution in [0.2, 0.25) is 0 Å². The molecule has 8 unspecified atom stereocenters. The molecule has 0 radical (unpaired) electrons. The third-order valence-electron chi connectivity index (χ3n) is 8.30. The summed E-state index contributed by atoms with van der Waals surface area (Å²) in [6.07, 6.45) is 16.4. The van der Waals surface area contributed by atoms with E-state index in [9.17, 15) is 0 Å². The lowest BCUT2D eigenvalue weighted by Crippen LogP contribution is -2.44. The van der Waals surface area contributed by atoms with Gasteiger partial charge >= 0.3 is 0 Å². The van der Waals surface area contributed by atoms with Gasteiger partial charge in [0, 0.05) is 23.7 Å². The van der Waals surface area contributed by atoms with Crippen LogP contribution >= 0.6 is 0 Å². The highest BCUT2D eigenvalue weighted by Crippen LogP contribution is 2.44. The van der Waals surface area contributed by atoms with Crippen LogP contribution < -0.4 is 10.6 Å². The van der Waals surface area contributed by atoms with Crippen molar-refractivity contribution in [2.45, 2.75) is 96.2 Å². The molecule has 3 heteroatoms. The lowest BCUT2D eigenvalue weighted by molar-refractivity contribution is 0.144. The summed E-state index contributed by atoms with van der Waals surface area (Å²) in [5.41, 5.74) is 1.42. The Labute approximate surface area is 159 Å². The smallest absolute Gasteiger partial charge is 0.100 e. The van der Waals surface area contributed by atoms with E-state index in [1.807, 2.05) is 0 Å². The SMILES string of the molecule is CC1=CC2CCC(C3CCC4N=C(C5CCCC(C)C5)NC4C3)CC2N1. The van der Waals surface area contributed by atoms with Gasteiger partial charge in [0.1, 0.15) is 5.84 Å². The largest absolute Gasteiger partial charge is 0.385 e. The first-order chi connectivity index (χ1) is 12.7. The molecule has 0 spiro atoms. The second-order valence-electron chi connectivity index (χ2n) is 10.2. The number of nitrogens with zero attached hydrogens (tertiary/aromatic N) is 1. The minimum absolute atomic E-state index is 0.586. The van der Waals surface area contributed by atoms with E-state index < -0.39 is 0 Å². The van der Waals surface area contributed by atoms with Crippen molar-refractivity contribution in [1.29, 1.82) is 0 Å². The lowest BCUT2D eigenvalue weighted by atomic mass is 9.68. The topological polar surface area (TPSA) is 36.4 Å². The van der Waals surface area contributed by atoms with Crippen LogP contribution in [0.25, 0.3) is 0 Å². The van der Waals surface area contributed by atoms with Crippen LogP contribution in [0.15, 0.2) is 16.8 Å². The van der Waals surface area contributed by atoms with Gasteiger partial charge in [0.25, 0.3) is 0 Å². The monoisotopic (exact) mass is 355 g/mol. The zero-order valence-electron chi connectivity index (χ0n) is 16.7. The Bertz CT molecular complexity index is 594. The van der Waals surface area contributed by atoms with E-state index in [0.29, 0.717) is 12.1 Å². The van der Waals surface area contributed by atoms with Crippen molar-refractivity contribution in [3.63, 3.8) is 0 Å². The van der Waals surface area contributed by atoms with Gasteiger partial charge in [0.15, 0.2) is 0 Å². The van der Waals surface area contributed by atoms with Crippen LogP contribution in [0.5, 0.6) is 0 Å². The Kier molecular flexibility index (Phi) is 4.53. The molecule has 5 aliphatic rings. The van der Waals surface area contributed by atoms with Crippen LogP contribution in [0, 0.1) is 29.6 Å². The highest BCUT2D eigenvalue weighted by atomic mass is 15.1. The fourth-order valence-corrected chi connectivity index (χ4v) is 6.92. The highest BCUT2D eigenvalue weighted by Gasteiger charge is 2.42. The Hall–Kier alpha value is -0.990. The Morgan fingerprint density at radius 3 is 2.54 bits per heavy atom. The highest BCUT2D eigenvalue weighted by molar-refractivity contribution is 5.87. The molecule has 2 heterocycles. The molecule has 2 N–H and O–H groups in total. The molecular weight excluding hydrogens is 318 g/mol. The van der Waals surface area contributed by atoms with Crippen LogP contribution in [0.4, 0.5) is 0 Å². The quantitative estimate of drug-likeness (QED) is 0.757. The van der Waals surface area contributed by atoms with Crippen LogP contribution in [0.3, 0.4) is 0 Å². The van der Waals surface area contributed by atoms with E-state index in [1.165, 1.54) is 75.7 Å². The summed E-state index contributed by atoms with van der Waals surface area (Å²) in [6, 6.07) is 1.97. The molecule has 5 rings (SSSR count). The van der Waals surface area contributed by atoms with Gasteiger partial charge in [-0.15, -0.1) is 0 Å². The minimum atomic E-state index is 0.586. The molecule has 3 aliphatic carbocycles. The molecule has 3 fully saturated rings. The van der Waals surface area contributed by atoms with Crippen molar-refractivity contribution >= 4 is 5.84 Å². The summed E-state index contributed by atoms with van der Waals surface area (Å²) in [4.78, 5) is 5.20. The van der Waals surface area contributed by atoms with Crippen molar-refractivity contribution in [2.75, 3.05) is 0 Å². The fraction of sp³-hybridized carbons (Fsp3) is 0.870. The van der Waals surface area contributed by atoms with Crippen LogP contribution in [0.1, 0.15) is 78.1 Å². The maximum absolute atomic E-state index is 5.20. The fourth-order valence-electron chi connectivity index (χ4n) is 6.92. The summed E-state index contributed by atoms with van der Waals surface area (Å²) >= 11 is 0. The number of aliphatic imine (C=N–C) groups is 1. The number of hydrogen-bond acceptors (Lipinski definition) is 3. The molecule has 0 aromatic rings. The van der Waals surface area contributed by atoms with Crippen molar-refractivity contribution in [3.8, 4) is 0 Å². The number of hydrogen-bond donors (Lipinski definition) is 2. The lowest BCUT2D eigenvalue weighted by Gasteiger charge is -2.40. The molecule has 8 atom stereocenters. The van der Waals surface area contributed by atoms with E-state index in [-0.39, 0.29) is 0 Å². The Morgan fingerprint density at radius 2 is 1.69 bits per heavy atom. The van der Waals surface area contributed by atoms with Crippen molar-refractivity contribution in [1.82, 2.24) is 10.6 Å². The summed E-state index contributed by atoms with van der Waals surface area (Å²) in [5.74, 6) is 5.69. The van der Waals surface area contributed by atoms with Crippen molar-refractivity contribution < 1.29 is 0 Å². The first-order valence-corrected chi connectivity index (χ1v) is 11.4. The van der Waals surface area contributed by atoms with Crippen LogP contribution in [-0.4, -0.2) is 24.0 Å². The summed E-state index contributed by atoms with van der Waals surface area (Å²) in [6.45, 7) is 4.67. The predicted molar refractivity (Wildman–Crippen MR) is 108 cm³/mol. The standard InChI is InChI=1S/C23H37N3/c1-14-4-3-5-19(10-14)23-25-20-9-8-17(13-22(20)26-23)16-6-7-18-11-15(2)24-21(18)12-16/h11,14,16-22,24H,3-10,12-13H2,1-2H3,(H,25,26). The molecule has 26 heavy (non-hydrogen) atoms. The number of fused-ring (bicyclic) bond motifs is 2. The normalized spacial score (nSPS) is 47.9. The first kappa shape index (κ1) is 17.1. The van der Waals surface area contributed by atoms with Gasteiger partial charge in [0.2, 0.25) is 0 Å². The maximum atomic E-state index is 5.20. The van der Waals surface area contributed by atoms with Crippen molar-refractivity contribution in [2.24, 2.45) is 34.6 Å². The zero-order valence-corrected chi connectivity index (χ0v) is 16.7. The van der Waals surface area contributed by atoms with Gasteiger partial charge < -0.3 is 10.6 Å². The van der Waals surface area contributed by atoms with E-state index >= 15 is 0 Å². The predicted octanol–water partition coefficient (Wildman–Crippen LogP) is 4.64.